The number of hydrogen-bond acceptors (Lipinski definition) is 3. The molecule has 1 aromatic rings. The second-order valence-corrected chi connectivity index (χ2v) is 6.12. The van der Waals surface area contributed by atoms with Crippen LogP contribution < -0.4 is 10.1 Å². The summed E-state index contributed by atoms with van der Waals surface area (Å²) >= 11 is 0. The van der Waals surface area contributed by atoms with E-state index in [4.69, 9.17) is 4.74 Å². The molecule has 0 saturated carbocycles. The van der Waals surface area contributed by atoms with E-state index < -0.39 is 0 Å². The fourth-order valence-corrected chi connectivity index (χ4v) is 3.11. The second-order valence-electron chi connectivity index (χ2n) is 6.12. The summed E-state index contributed by atoms with van der Waals surface area (Å²) in [5.41, 5.74) is 2.68. The molecule has 1 aromatic carbocycles. The lowest BCUT2D eigenvalue weighted by Gasteiger charge is -2.18. The molecule has 0 amide bonds. The lowest BCUT2D eigenvalue weighted by molar-refractivity contribution is 0.307. The van der Waals surface area contributed by atoms with Gasteiger partial charge in [-0.15, -0.1) is 0 Å². The monoisotopic (exact) mass is 290 g/mol. The van der Waals surface area contributed by atoms with Crippen molar-refractivity contribution < 1.29 is 4.74 Å². The van der Waals surface area contributed by atoms with Gasteiger partial charge >= 0.3 is 0 Å². The van der Waals surface area contributed by atoms with Crippen LogP contribution in [0.25, 0.3) is 0 Å². The summed E-state index contributed by atoms with van der Waals surface area (Å²) in [7, 11) is 1.77. The minimum absolute atomic E-state index is 0.880. The van der Waals surface area contributed by atoms with Gasteiger partial charge in [-0.3, -0.25) is 4.90 Å². The fourth-order valence-electron chi connectivity index (χ4n) is 3.11. The van der Waals surface area contributed by atoms with Gasteiger partial charge in [-0.2, -0.15) is 0 Å². The number of rotatable bonds is 8. The molecular formula is C18H30N2O. The first-order valence-electron chi connectivity index (χ1n) is 8.35. The smallest absolute Gasteiger partial charge is 0.123 e. The number of nitrogens with zero attached hydrogens (tertiary/aromatic N) is 1. The Labute approximate surface area is 129 Å². The Morgan fingerprint density at radius 3 is 2.86 bits per heavy atom. The van der Waals surface area contributed by atoms with Crippen LogP contribution in [0.1, 0.15) is 44.2 Å². The summed E-state index contributed by atoms with van der Waals surface area (Å²) in [6, 6.07) is 6.59. The van der Waals surface area contributed by atoms with Crippen molar-refractivity contribution in [2.24, 2.45) is 5.92 Å². The van der Waals surface area contributed by atoms with E-state index in [1.165, 1.54) is 43.5 Å². The van der Waals surface area contributed by atoms with E-state index in [0.29, 0.717) is 0 Å². The van der Waals surface area contributed by atoms with E-state index in [2.05, 4.69) is 42.3 Å². The molecular weight excluding hydrogens is 260 g/mol. The molecule has 1 atom stereocenters. The summed E-state index contributed by atoms with van der Waals surface area (Å²) in [4.78, 5) is 2.56. The average molecular weight is 290 g/mol. The first-order chi connectivity index (χ1) is 10.3. The summed E-state index contributed by atoms with van der Waals surface area (Å²) in [5.74, 6) is 1.90. The molecule has 0 bridgehead atoms. The first kappa shape index (κ1) is 16.3. The number of nitrogens with one attached hydrogen (secondary N) is 1. The highest BCUT2D eigenvalue weighted by atomic mass is 16.5. The third kappa shape index (κ3) is 4.72. The third-order valence-corrected chi connectivity index (χ3v) is 4.44. The summed E-state index contributed by atoms with van der Waals surface area (Å²) in [6.45, 7) is 9.99. The Hall–Kier alpha value is -1.06. The van der Waals surface area contributed by atoms with Crippen molar-refractivity contribution in [1.29, 1.82) is 0 Å². The molecule has 1 saturated heterocycles. The van der Waals surface area contributed by atoms with Crippen molar-refractivity contribution in [3.8, 4) is 5.75 Å². The highest BCUT2D eigenvalue weighted by Gasteiger charge is 2.21. The zero-order valence-electron chi connectivity index (χ0n) is 13.8. The topological polar surface area (TPSA) is 24.5 Å². The molecule has 1 fully saturated rings. The molecule has 0 aromatic heterocycles. The van der Waals surface area contributed by atoms with E-state index in [1.807, 2.05) is 0 Å². The van der Waals surface area contributed by atoms with Crippen LogP contribution in [-0.4, -0.2) is 31.6 Å². The number of hydrogen-bond donors (Lipinski definition) is 1. The van der Waals surface area contributed by atoms with Gasteiger partial charge in [0.05, 0.1) is 7.11 Å². The maximum atomic E-state index is 5.54. The molecule has 118 valence electrons. The zero-order chi connectivity index (χ0) is 15.1. The Morgan fingerprint density at radius 2 is 2.19 bits per heavy atom. The van der Waals surface area contributed by atoms with E-state index in [9.17, 15) is 0 Å². The fraction of sp³-hybridized carbons (Fsp3) is 0.667. The van der Waals surface area contributed by atoms with Crippen LogP contribution in [0, 0.1) is 5.92 Å². The van der Waals surface area contributed by atoms with E-state index in [-0.39, 0.29) is 0 Å². The number of benzene rings is 1. The summed E-state index contributed by atoms with van der Waals surface area (Å²) in [6.07, 6.45) is 3.82. The maximum absolute atomic E-state index is 5.54. The Balaban J connectivity index is 2.00. The standard InChI is InChI=1S/C18H30N2O/c1-4-9-19-12-16-6-7-18(21-3)17(11-16)14-20-10-8-15(5-2)13-20/h6-7,11,15,19H,4-5,8-10,12-14H2,1-3H3. The molecule has 3 heteroatoms. The van der Waals surface area contributed by atoms with Gasteiger partial charge in [-0.1, -0.05) is 26.3 Å². The van der Waals surface area contributed by atoms with E-state index in [1.54, 1.807) is 7.11 Å². The van der Waals surface area contributed by atoms with Crippen molar-refractivity contribution >= 4 is 0 Å². The largest absolute Gasteiger partial charge is 0.496 e. The van der Waals surface area contributed by atoms with Crippen molar-refractivity contribution in [3.63, 3.8) is 0 Å². The Kier molecular flexibility index (Phi) is 6.52. The van der Waals surface area contributed by atoms with Crippen LogP contribution >= 0.6 is 0 Å². The molecule has 0 aliphatic carbocycles. The molecule has 1 aliphatic rings. The third-order valence-electron chi connectivity index (χ3n) is 4.44. The van der Waals surface area contributed by atoms with Crippen LogP contribution in [0.15, 0.2) is 18.2 Å². The molecule has 0 radical (unpaired) electrons. The molecule has 0 spiro atoms. The van der Waals surface area contributed by atoms with Gasteiger partial charge in [-0.05, 0) is 49.5 Å². The minimum Gasteiger partial charge on any atom is -0.496 e. The predicted molar refractivity (Wildman–Crippen MR) is 88.7 cm³/mol. The van der Waals surface area contributed by atoms with Gasteiger partial charge in [0.25, 0.3) is 0 Å². The van der Waals surface area contributed by atoms with Gasteiger partial charge in [-0.25, -0.2) is 0 Å². The maximum Gasteiger partial charge on any atom is 0.123 e. The van der Waals surface area contributed by atoms with Crippen LogP contribution in [0.2, 0.25) is 0 Å². The molecule has 2 rings (SSSR count). The SMILES string of the molecule is CCCNCc1ccc(OC)c(CN2CCC(CC)C2)c1. The van der Waals surface area contributed by atoms with E-state index in [0.717, 1.165) is 31.3 Å². The molecule has 1 heterocycles. The quantitative estimate of drug-likeness (QED) is 0.742. The van der Waals surface area contributed by atoms with Gasteiger partial charge in [0.1, 0.15) is 5.75 Å². The second kappa shape index (κ2) is 8.40. The first-order valence-corrected chi connectivity index (χ1v) is 8.35. The van der Waals surface area contributed by atoms with Gasteiger partial charge in [0, 0.05) is 25.2 Å². The van der Waals surface area contributed by atoms with Gasteiger partial charge in [0.2, 0.25) is 0 Å². The van der Waals surface area contributed by atoms with E-state index >= 15 is 0 Å². The minimum atomic E-state index is 0.880. The highest BCUT2D eigenvalue weighted by Crippen LogP contribution is 2.26. The molecule has 1 unspecified atom stereocenters. The van der Waals surface area contributed by atoms with Crippen LogP contribution in [0.4, 0.5) is 0 Å². The lowest BCUT2D eigenvalue weighted by Crippen LogP contribution is -2.21. The summed E-state index contributed by atoms with van der Waals surface area (Å²) < 4.78 is 5.54. The number of likely N-dealkylation sites (tertiary alicyclic amines) is 1. The number of ether oxygens (including phenoxy) is 1. The van der Waals surface area contributed by atoms with Crippen LogP contribution in [0.5, 0.6) is 5.75 Å². The highest BCUT2D eigenvalue weighted by molar-refractivity contribution is 5.37. The molecule has 1 N–H and O–H groups in total. The Bertz CT molecular complexity index is 433. The lowest BCUT2D eigenvalue weighted by atomic mass is 10.1. The molecule has 1 aliphatic heterocycles. The predicted octanol–water partition coefficient (Wildman–Crippen LogP) is 3.43. The van der Waals surface area contributed by atoms with Crippen molar-refractivity contribution in [2.75, 3.05) is 26.7 Å². The van der Waals surface area contributed by atoms with Gasteiger partial charge < -0.3 is 10.1 Å². The van der Waals surface area contributed by atoms with Crippen LogP contribution in [-0.2, 0) is 13.1 Å². The van der Waals surface area contributed by atoms with Crippen molar-refractivity contribution in [2.45, 2.75) is 46.2 Å². The zero-order valence-corrected chi connectivity index (χ0v) is 13.8. The summed E-state index contributed by atoms with van der Waals surface area (Å²) in [5, 5.41) is 3.47. The molecule has 21 heavy (non-hydrogen) atoms. The van der Waals surface area contributed by atoms with Gasteiger partial charge in [0.15, 0.2) is 0 Å². The molecule has 3 nitrogen and oxygen atoms in total. The van der Waals surface area contributed by atoms with Crippen molar-refractivity contribution in [3.05, 3.63) is 29.3 Å². The normalized spacial score (nSPS) is 19.1. The van der Waals surface area contributed by atoms with Crippen LogP contribution in [0.3, 0.4) is 0 Å². The number of methoxy groups -OCH3 is 1. The average Bonchev–Trinajstić information content (AvgIpc) is 2.95. The van der Waals surface area contributed by atoms with Crippen molar-refractivity contribution in [1.82, 2.24) is 10.2 Å². The Morgan fingerprint density at radius 1 is 1.33 bits per heavy atom.